The van der Waals surface area contributed by atoms with Crippen molar-refractivity contribution in [3.05, 3.63) is 47.5 Å². The topological polar surface area (TPSA) is 50.4 Å². The highest BCUT2D eigenvalue weighted by Gasteiger charge is 2.14. The number of hydrogen-bond acceptors (Lipinski definition) is 2. The monoisotopic (exact) mass is 220 g/mol. The third kappa shape index (κ3) is 1.82. The molecular weight excluding hydrogens is 211 g/mol. The average molecular weight is 220 g/mol. The second-order valence-electron chi connectivity index (χ2n) is 3.39. The van der Waals surface area contributed by atoms with Crippen LogP contribution in [0.15, 0.2) is 34.7 Å². The maximum atomic E-state index is 12.7. The van der Waals surface area contributed by atoms with Gasteiger partial charge >= 0.3 is 5.97 Å². The molecule has 0 atom stereocenters. The third-order valence-corrected chi connectivity index (χ3v) is 2.28. The number of carboxylic acid groups (broad SMARTS) is 1. The molecule has 1 heterocycles. The van der Waals surface area contributed by atoms with E-state index < -0.39 is 5.97 Å². The second-order valence-corrected chi connectivity index (χ2v) is 3.39. The van der Waals surface area contributed by atoms with Crippen molar-refractivity contribution >= 4 is 5.97 Å². The molecule has 0 unspecified atom stereocenters. The number of halogens is 1. The van der Waals surface area contributed by atoms with Crippen LogP contribution < -0.4 is 0 Å². The molecule has 0 aliphatic carbocycles. The van der Waals surface area contributed by atoms with Crippen molar-refractivity contribution in [3.63, 3.8) is 0 Å². The van der Waals surface area contributed by atoms with E-state index in [9.17, 15) is 9.18 Å². The zero-order valence-electron chi connectivity index (χ0n) is 8.53. The van der Waals surface area contributed by atoms with Gasteiger partial charge in [0.1, 0.15) is 22.9 Å². The van der Waals surface area contributed by atoms with E-state index in [1.165, 1.54) is 18.2 Å². The molecule has 0 spiro atoms. The van der Waals surface area contributed by atoms with Gasteiger partial charge in [-0.05, 0) is 37.3 Å². The predicted octanol–water partition coefficient (Wildman–Crippen LogP) is 3.09. The van der Waals surface area contributed by atoms with E-state index >= 15 is 0 Å². The van der Waals surface area contributed by atoms with Crippen LogP contribution in [-0.4, -0.2) is 11.1 Å². The van der Waals surface area contributed by atoms with Gasteiger partial charge < -0.3 is 9.52 Å². The molecule has 0 saturated heterocycles. The zero-order chi connectivity index (χ0) is 11.7. The van der Waals surface area contributed by atoms with Gasteiger partial charge in [0.2, 0.25) is 0 Å². The van der Waals surface area contributed by atoms with E-state index in [4.69, 9.17) is 9.52 Å². The van der Waals surface area contributed by atoms with Crippen LogP contribution in [0.3, 0.4) is 0 Å². The summed E-state index contributed by atoms with van der Waals surface area (Å²) in [4.78, 5) is 10.8. The molecule has 1 N–H and O–H groups in total. The lowest BCUT2D eigenvalue weighted by Crippen LogP contribution is -1.94. The normalized spacial score (nSPS) is 10.4. The lowest BCUT2D eigenvalue weighted by atomic mass is 10.1. The molecular formula is C12H9FO3. The van der Waals surface area contributed by atoms with Gasteiger partial charge in [-0.15, -0.1) is 0 Å². The minimum absolute atomic E-state index is 0.124. The van der Waals surface area contributed by atoms with E-state index in [1.807, 2.05) is 0 Å². The Kier molecular flexibility index (Phi) is 2.48. The predicted molar refractivity (Wildman–Crippen MR) is 55.8 cm³/mol. The SMILES string of the molecule is Cc1oc(-c2ccc(F)cc2)cc1C(=O)O. The molecule has 0 aliphatic rings. The van der Waals surface area contributed by atoms with Crippen LogP contribution in [0.25, 0.3) is 11.3 Å². The first-order valence-electron chi connectivity index (χ1n) is 4.67. The minimum Gasteiger partial charge on any atom is -0.478 e. The first kappa shape index (κ1) is 10.4. The number of aryl methyl sites for hydroxylation is 1. The molecule has 0 fully saturated rings. The number of benzene rings is 1. The summed E-state index contributed by atoms with van der Waals surface area (Å²) in [7, 11) is 0. The van der Waals surface area contributed by atoms with Gasteiger partial charge in [-0.1, -0.05) is 0 Å². The Morgan fingerprint density at radius 3 is 2.44 bits per heavy atom. The Morgan fingerprint density at radius 1 is 1.31 bits per heavy atom. The highest BCUT2D eigenvalue weighted by Crippen LogP contribution is 2.25. The molecule has 3 nitrogen and oxygen atoms in total. The Bertz CT molecular complexity index is 526. The van der Waals surface area contributed by atoms with Crippen molar-refractivity contribution in [2.75, 3.05) is 0 Å². The van der Waals surface area contributed by atoms with E-state index in [0.29, 0.717) is 17.1 Å². The first-order valence-corrected chi connectivity index (χ1v) is 4.67. The van der Waals surface area contributed by atoms with Crippen molar-refractivity contribution in [2.45, 2.75) is 6.92 Å². The fourth-order valence-corrected chi connectivity index (χ4v) is 1.45. The summed E-state index contributed by atoms with van der Waals surface area (Å²) < 4.78 is 18.0. The van der Waals surface area contributed by atoms with Crippen LogP contribution in [0, 0.1) is 12.7 Å². The van der Waals surface area contributed by atoms with Crippen molar-refractivity contribution in [3.8, 4) is 11.3 Å². The van der Waals surface area contributed by atoms with Crippen LogP contribution in [0.1, 0.15) is 16.1 Å². The van der Waals surface area contributed by atoms with Gasteiger partial charge in [-0.3, -0.25) is 0 Å². The summed E-state index contributed by atoms with van der Waals surface area (Å²) in [6.45, 7) is 1.58. The Morgan fingerprint density at radius 2 is 1.94 bits per heavy atom. The molecule has 82 valence electrons. The second kappa shape index (κ2) is 3.81. The van der Waals surface area contributed by atoms with Crippen molar-refractivity contribution < 1.29 is 18.7 Å². The summed E-state index contributed by atoms with van der Waals surface area (Å²) in [5.41, 5.74) is 0.774. The molecule has 0 amide bonds. The summed E-state index contributed by atoms with van der Waals surface area (Å²) in [5, 5.41) is 8.85. The van der Waals surface area contributed by atoms with Gasteiger partial charge in [0, 0.05) is 5.56 Å². The highest BCUT2D eigenvalue weighted by molar-refractivity contribution is 5.90. The molecule has 0 radical (unpaired) electrons. The molecule has 0 bridgehead atoms. The number of rotatable bonds is 2. The Labute approximate surface area is 91.1 Å². The van der Waals surface area contributed by atoms with Gasteiger partial charge in [-0.2, -0.15) is 0 Å². The molecule has 1 aromatic heterocycles. The molecule has 0 aliphatic heterocycles. The Hall–Kier alpha value is -2.10. The number of carboxylic acids is 1. The summed E-state index contributed by atoms with van der Waals surface area (Å²) >= 11 is 0. The van der Waals surface area contributed by atoms with E-state index in [0.717, 1.165) is 0 Å². The van der Waals surface area contributed by atoms with Crippen molar-refractivity contribution in [1.82, 2.24) is 0 Å². The zero-order valence-corrected chi connectivity index (χ0v) is 8.53. The van der Waals surface area contributed by atoms with Gasteiger partial charge in [0.15, 0.2) is 0 Å². The molecule has 2 rings (SSSR count). The summed E-state index contributed by atoms with van der Waals surface area (Å²) in [5.74, 6) is -0.609. The van der Waals surface area contributed by atoms with Crippen LogP contribution >= 0.6 is 0 Å². The molecule has 16 heavy (non-hydrogen) atoms. The van der Waals surface area contributed by atoms with Crippen LogP contribution in [0.4, 0.5) is 4.39 Å². The number of hydrogen-bond donors (Lipinski definition) is 1. The van der Waals surface area contributed by atoms with Crippen LogP contribution in [0.2, 0.25) is 0 Å². The summed E-state index contributed by atoms with van der Waals surface area (Å²) in [6, 6.07) is 7.12. The van der Waals surface area contributed by atoms with Gasteiger partial charge in [-0.25, -0.2) is 9.18 Å². The number of furan rings is 1. The molecule has 1 aromatic carbocycles. The number of aromatic carboxylic acids is 1. The number of carbonyl (C=O) groups is 1. The van der Waals surface area contributed by atoms with Crippen LogP contribution in [0.5, 0.6) is 0 Å². The van der Waals surface area contributed by atoms with E-state index in [1.54, 1.807) is 19.1 Å². The van der Waals surface area contributed by atoms with Crippen molar-refractivity contribution in [1.29, 1.82) is 0 Å². The smallest absolute Gasteiger partial charge is 0.339 e. The average Bonchev–Trinajstić information content (AvgIpc) is 2.61. The lowest BCUT2D eigenvalue weighted by Gasteiger charge is -1.95. The molecule has 4 heteroatoms. The van der Waals surface area contributed by atoms with Gasteiger partial charge in [0.25, 0.3) is 0 Å². The highest BCUT2D eigenvalue weighted by atomic mass is 19.1. The maximum absolute atomic E-state index is 12.7. The fraction of sp³-hybridized carbons (Fsp3) is 0.0833. The maximum Gasteiger partial charge on any atom is 0.339 e. The summed E-state index contributed by atoms with van der Waals surface area (Å²) in [6.07, 6.45) is 0. The first-order chi connectivity index (χ1) is 7.58. The molecule has 0 saturated carbocycles. The van der Waals surface area contributed by atoms with E-state index in [2.05, 4.69) is 0 Å². The third-order valence-electron chi connectivity index (χ3n) is 2.28. The largest absolute Gasteiger partial charge is 0.478 e. The van der Waals surface area contributed by atoms with Crippen molar-refractivity contribution in [2.24, 2.45) is 0 Å². The quantitative estimate of drug-likeness (QED) is 0.845. The molecule has 2 aromatic rings. The Balaban J connectivity index is 2.45. The fourth-order valence-electron chi connectivity index (χ4n) is 1.45. The van der Waals surface area contributed by atoms with Crippen LogP contribution in [-0.2, 0) is 0 Å². The minimum atomic E-state index is -1.03. The lowest BCUT2D eigenvalue weighted by molar-refractivity contribution is 0.0695. The van der Waals surface area contributed by atoms with Gasteiger partial charge in [0.05, 0.1) is 0 Å². The standard InChI is InChI=1S/C12H9FO3/c1-7-10(12(14)15)6-11(16-7)8-2-4-9(13)5-3-8/h2-6H,1H3,(H,14,15). The van der Waals surface area contributed by atoms with E-state index in [-0.39, 0.29) is 11.4 Å².